The fourth-order valence-electron chi connectivity index (χ4n) is 2.87. The molecule has 1 saturated heterocycles. The lowest BCUT2D eigenvalue weighted by molar-refractivity contribution is 0.248. The molecule has 1 fully saturated rings. The van der Waals surface area contributed by atoms with Crippen molar-refractivity contribution in [2.75, 3.05) is 45.2 Å². The van der Waals surface area contributed by atoms with E-state index in [0.29, 0.717) is 0 Å². The van der Waals surface area contributed by atoms with Crippen molar-refractivity contribution in [1.29, 1.82) is 0 Å². The Balaban J connectivity index is 1.59. The average molecular weight is 326 g/mol. The molecular formula is C18H26N6. The first-order valence-electron chi connectivity index (χ1n) is 8.49. The number of rotatable bonds is 5. The minimum Gasteiger partial charge on any atom is -0.338 e. The normalized spacial score (nSPS) is 17.2. The molecule has 1 aliphatic rings. The molecule has 128 valence electrons. The molecular weight excluding hydrogens is 300 g/mol. The zero-order valence-electron chi connectivity index (χ0n) is 14.8. The number of piperazine rings is 1. The van der Waals surface area contributed by atoms with Crippen molar-refractivity contribution in [3.63, 3.8) is 0 Å². The molecule has 0 aliphatic carbocycles. The van der Waals surface area contributed by atoms with Crippen molar-refractivity contribution < 1.29 is 0 Å². The van der Waals surface area contributed by atoms with Crippen LogP contribution in [-0.4, -0.2) is 65.0 Å². The molecule has 0 saturated carbocycles. The molecule has 0 amide bonds. The van der Waals surface area contributed by atoms with Gasteiger partial charge < -0.3 is 9.80 Å². The number of pyridine rings is 1. The van der Waals surface area contributed by atoms with Gasteiger partial charge in [-0.1, -0.05) is 6.07 Å². The third-order valence-corrected chi connectivity index (χ3v) is 4.69. The summed E-state index contributed by atoms with van der Waals surface area (Å²) < 4.78 is 0. The molecule has 2 aromatic rings. The van der Waals surface area contributed by atoms with E-state index in [9.17, 15) is 0 Å². The molecule has 1 atom stereocenters. The van der Waals surface area contributed by atoms with Gasteiger partial charge in [-0.15, -0.1) is 0 Å². The van der Waals surface area contributed by atoms with Crippen LogP contribution < -0.4 is 4.90 Å². The van der Waals surface area contributed by atoms with E-state index in [-0.39, 0.29) is 6.04 Å². The van der Waals surface area contributed by atoms with Crippen molar-refractivity contribution in [3.05, 3.63) is 48.0 Å². The maximum Gasteiger partial charge on any atom is 0.225 e. The van der Waals surface area contributed by atoms with Gasteiger partial charge in [0.15, 0.2) is 0 Å². The van der Waals surface area contributed by atoms with Gasteiger partial charge >= 0.3 is 0 Å². The monoisotopic (exact) mass is 326 g/mol. The van der Waals surface area contributed by atoms with Crippen LogP contribution in [0.2, 0.25) is 0 Å². The van der Waals surface area contributed by atoms with E-state index in [1.807, 2.05) is 30.7 Å². The van der Waals surface area contributed by atoms with E-state index in [1.54, 1.807) is 0 Å². The fourth-order valence-corrected chi connectivity index (χ4v) is 2.87. The van der Waals surface area contributed by atoms with Gasteiger partial charge in [-0.2, -0.15) is 0 Å². The van der Waals surface area contributed by atoms with Crippen LogP contribution in [0.3, 0.4) is 0 Å². The van der Waals surface area contributed by atoms with Crippen LogP contribution in [0.5, 0.6) is 0 Å². The zero-order chi connectivity index (χ0) is 16.9. The van der Waals surface area contributed by atoms with Gasteiger partial charge in [-0.25, -0.2) is 9.97 Å². The van der Waals surface area contributed by atoms with Gasteiger partial charge in [0.05, 0.1) is 5.69 Å². The number of hydrogen-bond acceptors (Lipinski definition) is 6. The summed E-state index contributed by atoms with van der Waals surface area (Å²) in [5, 5.41) is 0. The molecule has 24 heavy (non-hydrogen) atoms. The number of aromatic nitrogens is 3. The summed E-state index contributed by atoms with van der Waals surface area (Å²) in [7, 11) is 4.26. The lowest BCUT2D eigenvalue weighted by Gasteiger charge is -2.32. The third-order valence-electron chi connectivity index (χ3n) is 4.69. The van der Waals surface area contributed by atoms with E-state index < -0.39 is 0 Å². The van der Waals surface area contributed by atoms with Crippen molar-refractivity contribution in [3.8, 4) is 0 Å². The van der Waals surface area contributed by atoms with E-state index >= 15 is 0 Å². The van der Waals surface area contributed by atoms with Crippen LogP contribution in [-0.2, 0) is 6.54 Å². The molecule has 0 unspecified atom stereocenters. The first-order valence-corrected chi connectivity index (χ1v) is 8.49. The van der Waals surface area contributed by atoms with Crippen LogP contribution >= 0.6 is 0 Å². The molecule has 3 heterocycles. The summed E-state index contributed by atoms with van der Waals surface area (Å²) >= 11 is 0. The van der Waals surface area contributed by atoms with Crippen LogP contribution in [0.15, 0.2) is 36.8 Å². The van der Waals surface area contributed by atoms with Crippen molar-refractivity contribution in [2.24, 2.45) is 0 Å². The Morgan fingerprint density at radius 3 is 2.42 bits per heavy atom. The SMILES string of the molecule is C[C@H](c1ccccn1)N(C)Cc1cnc(N2CCN(C)CC2)nc1. The molecule has 0 N–H and O–H groups in total. The molecule has 1 aliphatic heterocycles. The Kier molecular flexibility index (Phi) is 5.37. The van der Waals surface area contributed by atoms with Crippen LogP contribution in [0, 0.1) is 0 Å². The zero-order valence-corrected chi connectivity index (χ0v) is 14.8. The number of nitrogens with zero attached hydrogens (tertiary/aromatic N) is 6. The minimum absolute atomic E-state index is 0.253. The number of anilines is 1. The van der Waals surface area contributed by atoms with Gasteiger partial charge in [0.25, 0.3) is 0 Å². The Bertz CT molecular complexity index is 622. The third kappa shape index (κ3) is 4.07. The summed E-state index contributed by atoms with van der Waals surface area (Å²) in [5.41, 5.74) is 2.20. The van der Waals surface area contributed by atoms with Crippen molar-refractivity contribution in [1.82, 2.24) is 24.8 Å². The van der Waals surface area contributed by atoms with Crippen LogP contribution in [0.25, 0.3) is 0 Å². The second-order valence-electron chi connectivity index (χ2n) is 6.53. The second-order valence-corrected chi connectivity index (χ2v) is 6.53. The van der Waals surface area contributed by atoms with Gasteiger partial charge in [-0.05, 0) is 33.2 Å². The smallest absolute Gasteiger partial charge is 0.225 e. The highest BCUT2D eigenvalue weighted by atomic mass is 15.3. The summed E-state index contributed by atoms with van der Waals surface area (Å²) in [5.74, 6) is 0.840. The molecule has 0 bridgehead atoms. The van der Waals surface area contributed by atoms with E-state index in [4.69, 9.17) is 0 Å². The first kappa shape index (κ1) is 16.8. The predicted octanol–water partition coefficient (Wildman–Crippen LogP) is 1.82. The number of likely N-dealkylation sites (N-methyl/N-ethyl adjacent to an activating group) is 1. The maximum absolute atomic E-state index is 4.57. The Morgan fingerprint density at radius 1 is 1.08 bits per heavy atom. The number of hydrogen-bond donors (Lipinski definition) is 0. The van der Waals surface area contributed by atoms with Crippen molar-refractivity contribution in [2.45, 2.75) is 19.5 Å². The summed E-state index contributed by atoms with van der Waals surface area (Å²) in [6, 6.07) is 6.29. The van der Waals surface area contributed by atoms with Crippen LogP contribution in [0.1, 0.15) is 24.2 Å². The highest BCUT2D eigenvalue weighted by molar-refractivity contribution is 5.30. The maximum atomic E-state index is 4.57. The molecule has 2 aromatic heterocycles. The molecule has 6 heteroatoms. The molecule has 0 radical (unpaired) electrons. The molecule has 0 spiro atoms. The molecule has 0 aromatic carbocycles. The van der Waals surface area contributed by atoms with E-state index in [1.165, 1.54) is 0 Å². The highest BCUT2D eigenvalue weighted by Gasteiger charge is 2.17. The Hall–Kier alpha value is -2.05. The predicted molar refractivity (Wildman–Crippen MR) is 95.9 cm³/mol. The lowest BCUT2D eigenvalue weighted by Crippen LogP contribution is -2.45. The van der Waals surface area contributed by atoms with Gasteiger partial charge in [0.1, 0.15) is 0 Å². The van der Waals surface area contributed by atoms with Crippen LogP contribution in [0.4, 0.5) is 5.95 Å². The van der Waals surface area contributed by atoms with E-state index in [2.05, 4.69) is 56.7 Å². The topological polar surface area (TPSA) is 48.4 Å². The molecule has 6 nitrogen and oxygen atoms in total. The standard InChI is InChI=1S/C18H26N6/c1-15(17-6-4-5-7-19-17)23(3)14-16-12-20-18(21-13-16)24-10-8-22(2)9-11-24/h4-7,12-13,15H,8-11,14H2,1-3H3/t15-/m1/s1. The first-order chi connectivity index (χ1) is 11.6. The highest BCUT2D eigenvalue weighted by Crippen LogP contribution is 2.18. The largest absolute Gasteiger partial charge is 0.338 e. The van der Waals surface area contributed by atoms with Crippen molar-refractivity contribution >= 4 is 5.95 Å². The summed E-state index contributed by atoms with van der Waals surface area (Å²) in [4.78, 5) is 20.4. The lowest BCUT2D eigenvalue weighted by atomic mass is 10.2. The Labute approximate surface area is 144 Å². The van der Waals surface area contributed by atoms with E-state index in [0.717, 1.165) is 49.9 Å². The molecule has 3 rings (SSSR count). The average Bonchev–Trinajstić information content (AvgIpc) is 2.63. The van der Waals surface area contributed by atoms with Gasteiger partial charge in [0, 0.05) is 62.9 Å². The fraction of sp³-hybridized carbons (Fsp3) is 0.500. The Morgan fingerprint density at radius 2 is 1.79 bits per heavy atom. The second kappa shape index (κ2) is 7.68. The van der Waals surface area contributed by atoms with Gasteiger partial charge in [0.2, 0.25) is 5.95 Å². The summed E-state index contributed by atoms with van der Waals surface area (Å²) in [6.45, 7) is 7.09. The minimum atomic E-state index is 0.253. The van der Waals surface area contributed by atoms with Gasteiger partial charge in [-0.3, -0.25) is 9.88 Å². The quantitative estimate of drug-likeness (QED) is 0.835. The summed E-state index contributed by atoms with van der Waals surface area (Å²) in [6.07, 6.45) is 5.73.